The zero-order valence-corrected chi connectivity index (χ0v) is 11.1. The van der Waals surface area contributed by atoms with Crippen LogP contribution in [-0.2, 0) is 11.0 Å². The monoisotopic (exact) mass is 266 g/mol. The fraction of sp³-hybridized carbons (Fsp3) is 0.333. The van der Waals surface area contributed by atoms with E-state index in [-0.39, 0.29) is 5.69 Å². The molecule has 1 aromatic rings. The zero-order valence-electron chi connectivity index (χ0n) is 10.3. The van der Waals surface area contributed by atoms with E-state index in [0.717, 1.165) is 11.3 Å². The number of non-ortho nitro benzene ring substituents is 1. The van der Waals surface area contributed by atoms with Gasteiger partial charge in [0.25, 0.3) is 5.69 Å². The van der Waals surface area contributed by atoms with Crippen LogP contribution in [0.4, 0.5) is 11.4 Å². The summed E-state index contributed by atoms with van der Waals surface area (Å²) in [5, 5.41) is 10.6. The van der Waals surface area contributed by atoms with Crippen LogP contribution in [0.1, 0.15) is 13.8 Å². The Morgan fingerprint density at radius 3 is 2.39 bits per heavy atom. The Balaban J connectivity index is 2.27. The number of nitro benzene ring substituents is 1. The van der Waals surface area contributed by atoms with Crippen molar-refractivity contribution in [2.45, 2.75) is 13.8 Å². The van der Waals surface area contributed by atoms with E-state index in [0.29, 0.717) is 12.3 Å². The molecule has 96 valence electrons. The number of hydrogen-bond donors (Lipinski definition) is 0. The Labute approximate surface area is 108 Å². The van der Waals surface area contributed by atoms with Crippen molar-refractivity contribution in [2.75, 3.05) is 16.6 Å². The van der Waals surface area contributed by atoms with Gasteiger partial charge in [0.2, 0.25) is 0 Å². The van der Waals surface area contributed by atoms with Crippen LogP contribution in [0.25, 0.3) is 0 Å². The van der Waals surface area contributed by atoms with E-state index < -0.39 is 15.9 Å². The lowest BCUT2D eigenvalue weighted by molar-refractivity contribution is -0.384. The van der Waals surface area contributed by atoms with Crippen molar-refractivity contribution in [3.63, 3.8) is 0 Å². The average molecular weight is 266 g/mol. The summed E-state index contributed by atoms with van der Waals surface area (Å²) in [6, 6.07) is 6.16. The highest BCUT2D eigenvalue weighted by atomic mass is 32.2. The summed E-state index contributed by atoms with van der Waals surface area (Å²) in [7, 11) is -1.09. The summed E-state index contributed by atoms with van der Waals surface area (Å²) in [4.78, 5) is 10.1. The SMILES string of the molecule is CC1=C(C)CS(=O)N(c2ccc([N+](=O)[O-])cc2)C1. The minimum atomic E-state index is -1.09. The van der Waals surface area contributed by atoms with E-state index in [4.69, 9.17) is 0 Å². The van der Waals surface area contributed by atoms with Crippen LogP contribution in [-0.4, -0.2) is 21.4 Å². The summed E-state index contributed by atoms with van der Waals surface area (Å²) in [6.45, 7) is 4.61. The van der Waals surface area contributed by atoms with Gasteiger partial charge >= 0.3 is 0 Å². The quantitative estimate of drug-likeness (QED) is 0.469. The third kappa shape index (κ3) is 2.43. The second kappa shape index (κ2) is 4.89. The molecule has 0 fully saturated rings. The van der Waals surface area contributed by atoms with Gasteiger partial charge in [0.15, 0.2) is 0 Å². The molecule has 0 aliphatic carbocycles. The lowest BCUT2D eigenvalue weighted by Crippen LogP contribution is -2.34. The first-order valence-corrected chi connectivity index (χ1v) is 6.82. The van der Waals surface area contributed by atoms with Gasteiger partial charge in [-0.3, -0.25) is 14.4 Å². The number of rotatable bonds is 2. The summed E-state index contributed by atoms with van der Waals surface area (Å²) in [5.74, 6) is 0.531. The molecule has 0 amide bonds. The molecule has 1 aliphatic heterocycles. The third-order valence-electron chi connectivity index (χ3n) is 3.04. The van der Waals surface area contributed by atoms with Crippen LogP contribution in [0.3, 0.4) is 0 Å². The zero-order chi connectivity index (χ0) is 13.3. The van der Waals surface area contributed by atoms with E-state index in [1.54, 1.807) is 16.4 Å². The van der Waals surface area contributed by atoms with Gasteiger partial charge in [-0.05, 0) is 26.0 Å². The minimum absolute atomic E-state index is 0.0463. The first kappa shape index (κ1) is 12.8. The molecule has 1 aromatic carbocycles. The van der Waals surface area contributed by atoms with Gasteiger partial charge < -0.3 is 0 Å². The van der Waals surface area contributed by atoms with Gasteiger partial charge in [-0.1, -0.05) is 11.1 Å². The van der Waals surface area contributed by atoms with E-state index >= 15 is 0 Å². The normalized spacial score (nSPS) is 20.1. The van der Waals surface area contributed by atoms with Crippen molar-refractivity contribution >= 4 is 22.4 Å². The number of nitrogens with zero attached hydrogens (tertiary/aromatic N) is 2. The van der Waals surface area contributed by atoms with Crippen LogP contribution in [0, 0.1) is 10.1 Å². The van der Waals surface area contributed by atoms with E-state index in [9.17, 15) is 14.3 Å². The van der Waals surface area contributed by atoms with E-state index in [2.05, 4.69) is 0 Å². The molecular formula is C12H14N2O3S. The highest BCUT2D eigenvalue weighted by Gasteiger charge is 2.21. The maximum atomic E-state index is 12.0. The predicted octanol–water partition coefficient (Wildman–Crippen LogP) is 2.41. The number of nitro groups is 1. The van der Waals surface area contributed by atoms with Crippen molar-refractivity contribution in [1.82, 2.24) is 0 Å². The van der Waals surface area contributed by atoms with Gasteiger partial charge in [-0.2, -0.15) is 0 Å². The molecule has 1 heterocycles. The average Bonchev–Trinajstić information content (AvgIpc) is 2.34. The second-order valence-electron chi connectivity index (χ2n) is 4.34. The standard InChI is InChI=1S/C12H14N2O3S/c1-9-7-13(18(17)8-10(9)2)11-3-5-12(6-4-11)14(15)16/h3-6H,7-8H2,1-2H3. The summed E-state index contributed by atoms with van der Waals surface area (Å²) in [6.07, 6.45) is 0. The van der Waals surface area contributed by atoms with Crippen molar-refractivity contribution in [3.05, 3.63) is 45.5 Å². The smallest absolute Gasteiger partial charge is 0.269 e. The second-order valence-corrected chi connectivity index (χ2v) is 5.71. The maximum Gasteiger partial charge on any atom is 0.269 e. The first-order chi connectivity index (χ1) is 8.49. The Bertz CT molecular complexity index is 537. The number of anilines is 1. The van der Waals surface area contributed by atoms with Gasteiger partial charge in [0, 0.05) is 12.1 Å². The highest BCUT2D eigenvalue weighted by molar-refractivity contribution is 7.86. The molecule has 1 aliphatic rings. The van der Waals surface area contributed by atoms with Gasteiger partial charge in [-0.25, -0.2) is 4.21 Å². The molecule has 0 N–H and O–H groups in total. The maximum absolute atomic E-state index is 12.0. The Morgan fingerprint density at radius 1 is 1.22 bits per heavy atom. The van der Waals surface area contributed by atoms with Crippen LogP contribution < -0.4 is 4.31 Å². The molecule has 0 bridgehead atoms. The van der Waals surface area contributed by atoms with Gasteiger partial charge in [-0.15, -0.1) is 0 Å². The number of hydrogen-bond acceptors (Lipinski definition) is 3. The third-order valence-corrected chi connectivity index (χ3v) is 4.56. The van der Waals surface area contributed by atoms with Crippen molar-refractivity contribution in [1.29, 1.82) is 0 Å². The van der Waals surface area contributed by atoms with Crippen LogP contribution in [0.2, 0.25) is 0 Å². The first-order valence-electron chi connectivity index (χ1n) is 5.54. The van der Waals surface area contributed by atoms with Crippen LogP contribution >= 0.6 is 0 Å². The summed E-state index contributed by atoms with van der Waals surface area (Å²) in [5.41, 5.74) is 3.16. The molecule has 0 saturated heterocycles. The van der Waals surface area contributed by atoms with Crippen molar-refractivity contribution < 1.29 is 9.13 Å². The molecular weight excluding hydrogens is 252 g/mol. The molecule has 2 rings (SSSR count). The molecule has 0 spiro atoms. The molecule has 0 aromatic heterocycles. The molecule has 1 atom stereocenters. The largest absolute Gasteiger partial charge is 0.287 e. The van der Waals surface area contributed by atoms with Gasteiger partial charge in [0.1, 0.15) is 11.0 Å². The highest BCUT2D eigenvalue weighted by Crippen LogP contribution is 2.25. The molecule has 6 heteroatoms. The lowest BCUT2D eigenvalue weighted by atomic mass is 10.1. The summed E-state index contributed by atoms with van der Waals surface area (Å²) < 4.78 is 13.8. The Hall–Kier alpha value is -1.69. The Morgan fingerprint density at radius 2 is 1.83 bits per heavy atom. The van der Waals surface area contributed by atoms with Crippen molar-refractivity contribution in [2.24, 2.45) is 0 Å². The summed E-state index contributed by atoms with van der Waals surface area (Å²) >= 11 is 0. The number of benzene rings is 1. The predicted molar refractivity (Wildman–Crippen MR) is 71.8 cm³/mol. The van der Waals surface area contributed by atoms with Crippen LogP contribution in [0.5, 0.6) is 0 Å². The molecule has 1 unspecified atom stereocenters. The van der Waals surface area contributed by atoms with Crippen LogP contribution in [0.15, 0.2) is 35.4 Å². The van der Waals surface area contributed by atoms with E-state index in [1.165, 1.54) is 17.7 Å². The molecule has 0 saturated carbocycles. The van der Waals surface area contributed by atoms with Gasteiger partial charge in [0.05, 0.1) is 22.9 Å². The lowest BCUT2D eigenvalue weighted by Gasteiger charge is -2.29. The fourth-order valence-electron chi connectivity index (χ4n) is 1.76. The minimum Gasteiger partial charge on any atom is -0.287 e. The fourth-order valence-corrected chi connectivity index (χ4v) is 3.23. The molecule has 5 nitrogen and oxygen atoms in total. The molecule has 0 radical (unpaired) electrons. The van der Waals surface area contributed by atoms with E-state index in [1.807, 2.05) is 13.8 Å². The topological polar surface area (TPSA) is 63.5 Å². The molecule has 18 heavy (non-hydrogen) atoms. The van der Waals surface area contributed by atoms with Crippen molar-refractivity contribution in [3.8, 4) is 0 Å². The Kier molecular flexibility index (Phi) is 3.47.